The SMILES string of the molecule is CCc1nc2n(n1)CC(Nc1cccc(S(C)(=O)=O)c1[N+](=O)[O-])CC2. The summed E-state index contributed by atoms with van der Waals surface area (Å²) in [6.07, 6.45) is 3.17. The molecule has 134 valence electrons. The molecule has 3 rings (SSSR count). The summed E-state index contributed by atoms with van der Waals surface area (Å²) >= 11 is 0. The van der Waals surface area contributed by atoms with Crippen LogP contribution in [-0.4, -0.2) is 40.4 Å². The van der Waals surface area contributed by atoms with Crippen molar-refractivity contribution in [3.63, 3.8) is 0 Å². The molecular formula is C15H19N5O4S. The van der Waals surface area contributed by atoms with Gasteiger partial charge in [0.1, 0.15) is 16.4 Å². The molecule has 0 spiro atoms. The second kappa shape index (κ2) is 6.43. The van der Waals surface area contributed by atoms with E-state index >= 15 is 0 Å². The fraction of sp³-hybridized carbons (Fsp3) is 0.467. The molecule has 0 amide bonds. The number of para-hydroxylation sites is 1. The van der Waals surface area contributed by atoms with Crippen molar-refractivity contribution in [2.24, 2.45) is 0 Å². The molecule has 1 aliphatic heterocycles. The maximum atomic E-state index is 11.8. The lowest BCUT2D eigenvalue weighted by molar-refractivity contribution is -0.386. The van der Waals surface area contributed by atoms with Gasteiger partial charge in [0.25, 0.3) is 0 Å². The Morgan fingerprint density at radius 3 is 2.84 bits per heavy atom. The zero-order valence-corrected chi connectivity index (χ0v) is 14.8. The van der Waals surface area contributed by atoms with E-state index in [9.17, 15) is 18.5 Å². The Labute approximate surface area is 145 Å². The second-order valence-electron chi connectivity index (χ2n) is 6.04. The van der Waals surface area contributed by atoms with E-state index in [1.165, 1.54) is 18.2 Å². The van der Waals surface area contributed by atoms with Gasteiger partial charge in [0, 0.05) is 25.1 Å². The average Bonchev–Trinajstić information content (AvgIpc) is 2.96. The van der Waals surface area contributed by atoms with E-state index in [1.54, 1.807) is 0 Å². The number of rotatable bonds is 5. The number of hydrogen-bond acceptors (Lipinski definition) is 7. The highest BCUT2D eigenvalue weighted by molar-refractivity contribution is 7.90. The maximum Gasteiger partial charge on any atom is 0.310 e. The standard InChI is InChI=1S/C15H19N5O4S/c1-3-13-17-14-8-7-10(9-19(14)18-13)16-11-5-4-6-12(25(2,23)24)15(11)20(21)22/h4-6,10,16H,3,7-9H2,1-2H3. The Hall–Kier alpha value is -2.49. The Bertz CT molecular complexity index is 922. The first kappa shape index (κ1) is 17.3. The van der Waals surface area contributed by atoms with E-state index in [0.29, 0.717) is 13.0 Å². The van der Waals surface area contributed by atoms with E-state index in [-0.39, 0.29) is 16.6 Å². The molecule has 1 aromatic heterocycles. The van der Waals surface area contributed by atoms with Crippen molar-refractivity contribution in [2.75, 3.05) is 11.6 Å². The van der Waals surface area contributed by atoms with Crippen molar-refractivity contribution >= 4 is 21.2 Å². The maximum absolute atomic E-state index is 11.8. The minimum Gasteiger partial charge on any atom is -0.375 e. The molecule has 1 aromatic carbocycles. The molecule has 0 bridgehead atoms. The van der Waals surface area contributed by atoms with Crippen LogP contribution in [0.1, 0.15) is 25.0 Å². The second-order valence-corrected chi connectivity index (χ2v) is 8.03. The lowest BCUT2D eigenvalue weighted by atomic mass is 10.1. The van der Waals surface area contributed by atoms with Gasteiger partial charge in [0.2, 0.25) is 0 Å². The van der Waals surface area contributed by atoms with Gasteiger partial charge in [-0.15, -0.1) is 0 Å². The van der Waals surface area contributed by atoms with Crippen LogP contribution in [0.15, 0.2) is 23.1 Å². The van der Waals surface area contributed by atoms with Crippen LogP contribution in [-0.2, 0) is 29.2 Å². The van der Waals surface area contributed by atoms with E-state index in [4.69, 9.17) is 0 Å². The van der Waals surface area contributed by atoms with E-state index < -0.39 is 20.4 Å². The number of nitro groups is 1. The third-order valence-corrected chi connectivity index (χ3v) is 5.29. The number of fused-ring (bicyclic) bond motifs is 1. The Balaban J connectivity index is 1.90. The predicted octanol–water partition coefficient (Wildman–Crippen LogP) is 1.58. The van der Waals surface area contributed by atoms with Crippen molar-refractivity contribution in [3.8, 4) is 0 Å². The zero-order chi connectivity index (χ0) is 18.2. The van der Waals surface area contributed by atoms with Crippen LogP contribution in [0.5, 0.6) is 0 Å². The fourth-order valence-corrected chi connectivity index (χ4v) is 3.84. The molecule has 1 unspecified atom stereocenters. The molecule has 2 heterocycles. The summed E-state index contributed by atoms with van der Waals surface area (Å²) in [5.74, 6) is 1.69. The smallest absolute Gasteiger partial charge is 0.310 e. The van der Waals surface area contributed by atoms with Crippen LogP contribution < -0.4 is 5.32 Å². The van der Waals surface area contributed by atoms with Gasteiger partial charge in [0.15, 0.2) is 15.7 Å². The molecule has 0 aliphatic carbocycles. The van der Waals surface area contributed by atoms with E-state index in [2.05, 4.69) is 15.4 Å². The minimum atomic E-state index is -3.70. The lowest BCUT2D eigenvalue weighted by Crippen LogP contribution is -2.32. The summed E-state index contributed by atoms with van der Waals surface area (Å²) in [4.78, 5) is 14.9. The first-order valence-electron chi connectivity index (χ1n) is 7.96. The first-order valence-corrected chi connectivity index (χ1v) is 9.85. The van der Waals surface area contributed by atoms with Crippen molar-refractivity contribution in [3.05, 3.63) is 40.0 Å². The van der Waals surface area contributed by atoms with Gasteiger partial charge in [-0.1, -0.05) is 13.0 Å². The lowest BCUT2D eigenvalue weighted by Gasteiger charge is -2.24. The quantitative estimate of drug-likeness (QED) is 0.631. The minimum absolute atomic E-state index is 0.0904. The number of aromatic nitrogens is 3. The Kier molecular flexibility index (Phi) is 4.46. The van der Waals surface area contributed by atoms with Gasteiger partial charge in [-0.2, -0.15) is 5.10 Å². The van der Waals surface area contributed by atoms with Crippen molar-refractivity contribution in [1.82, 2.24) is 14.8 Å². The molecule has 1 atom stereocenters. The highest BCUT2D eigenvalue weighted by atomic mass is 32.2. The number of anilines is 1. The van der Waals surface area contributed by atoms with Crippen LogP contribution in [0.25, 0.3) is 0 Å². The number of sulfone groups is 1. The molecule has 0 saturated heterocycles. The first-order chi connectivity index (χ1) is 11.8. The van der Waals surface area contributed by atoms with Crippen molar-refractivity contribution < 1.29 is 13.3 Å². The monoisotopic (exact) mass is 365 g/mol. The van der Waals surface area contributed by atoms with Gasteiger partial charge in [-0.05, 0) is 18.6 Å². The molecular weight excluding hydrogens is 346 g/mol. The largest absolute Gasteiger partial charge is 0.375 e. The number of nitrogens with one attached hydrogen (secondary N) is 1. The summed E-state index contributed by atoms with van der Waals surface area (Å²) in [5, 5.41) is 19.0. The van der Waals surface area contributed by atoms with Gasteiger partial charge in [-0.25, -0.2) is 18.1 Å². The van der Waals surface area contributed by atoms with Crippen LogP contribution in [0.4, 0.5) is 11.4 Å². The molecule has 0 saturated carbocycles. The number of hydrogen-bond donors (Lipinski definition) is 1. The van der Waals surface area contributed by atoms with Crippen LogP contribution >= 0.6 is 0 Å². The van der Waals surface area contributed by atoms with Crippen LogP contribution in [0, 0.1) is 10.1 Å². The van der Waals surface area contributed by atoms with Crippen molar-refractivity contribution in [2.45, 2.75) is 43.7 Å². The highest BCUT2D eigenvalue weighted by Crippen LogP contribution is 2.33. The molecule has 0 fully saturated rings. The number of benzene rings is 1. The molecule has 1 aliphatic rings. The van der Waals surface area contributed by atoms with E-state index in [1.807, 2.05) is 11.6 Å². The predicted molar refractivity (Wildman–Crippen MR) is 91.3 cm³/mol. The Morgan fingerprint density at radius 1 is 1.44 bits per heavy atom. The van der Waals surface area contributed by atoms with Gasteiger partial charge in [0.05, 0.1) is 11.5 Å². The number of nitro benzene ring substituents is 1. The third kappa shape index (κ3) is 3.48. The van der Waals surface area contributed by atoms with Crippen LogP contribution in [0.2, 0.25) is 0 Å². The third-order valence-electron chi connectivity index (χ3n) is 4.16. The highest BCUT2D eigenvalue weighted by Gasteiger charge is 2.28. The van der Waals surface area contributed by atoms with E-state index in [0.717, 1.165) is 30.7 Å². The fourth-order valence-electron chi connectivity index (χ4n) is 2.97. The molecule has 10 heteroatoms. The van der Waals surface area contributed by atoms with Gasteiger partial charge in [-0.3, -0.25) is 10.1 Å². The summed E-state index contributed by atoms with van der Waals surface area (Å²) < 4.78 is 25.5. The normalized spacial score (nSPS) is 17.1. The summed E-state index contributed by atoms with van der Waals surface area (Å²) in [5.41, 5.74) is -0.208. The molecule has 9 nitrogen and oxygen atoms in total. The molecule has 0 radical (unpaired) electrons. The summed E-state index contributed by atoms with van der Waals surface area (Å²) in [6, 6.07) is 4.20. The zero-order valence-electron chi connectivity index (χ0n) is 14.0. The average molecular weight is 365 g/mol. The molecule has 25 heavy (non-hydrogen) atoms. The Morgan fingerprint density at radius 2 is 2.20 bits per heavy atom. The van der Waals surface area contributed by atoms with Gasteiger partial charge >= 0.3 is 5.69 Å². The van der Waals surface area contributed by atoms with Gasteiger partial charge < -0.3 is 5.32 Å². The summed E-state index contributed by atoms with van der Waals surface area (Å²) in [7, 11) is -3.70. The number of nitrogens with zero attached hydrogens (tertiary/aromatic N) is 4. The van der Waals surface area contributed by atoms with Crippen molar-refractivity contribution in [1.29, 1.82) is 0 Å². The molecule has 1 N–H and O–H groups in total. The topological polar surface area (TPSA) is 120 Å². The van der Waals surface area contributed by atoms with Crippen LogP contribution in [0.3, 0.4) is 0 Å². The molecule has 2 aromatic rings. The number of aryl methyl sites for hydroxylation is 2. The summed E-state index contributed by atoms with van der Waals surface area (Å²) in [6.45, 7) is 2.51.